The summed E-state index contributed by atoms with van der Waals surface area (Å²) in [5.74, 6) is -0.253. The van der Waals surface area contributed by atoms with Gasteiger partial charge in [0.25, 0.3) is 5.91 Å². The minimum atomic E-state index is -1.17. The SMILES string of the molecule is O=C(CN1C(=O)NC2(CCOc3ccccc32)C1=O)NCCc1cccc(Cl)c1. The first kappa shape index (κ1) is 19.3. The fraction of sp³-hybridized carbons (Fsp3) is 0.286. The van der Waals surface area contributed by atoms with Crippen LogP contribution >= 0.6 is 11.6 Å². The van der Waals surface area contributed by atoms with E-state index in [0.29, 0.717) is 42.3 Å². The highest BCUT2D eigenvalue weighted by Gasteiger charge is 2.55. The first-order valence-electron chi connectivity index (χ1n) is 9.37. The van der Waals surface area contributed by atoms with Crippen LogP contribution in [0.1, 0.15) is 17.5 Å². The molecule has 2 aliphatic heterocycles. The fourth-order valence-electron chi connectivity index (χ4n) is 3.75. The molecule has 2 heterocycles. The van der Waals surface area contributed by atoms with Gasteiger partial charge in [-0.2, -0.15) is 0 Å². The van der Waals surface area contributed by atoms with E-state index in [0.717, 1.165) is 10.5 Å². The lowest BCUT2D eigenvalue weighted by Crippen LogP contribution is -2.48. The normalized spacial score (nSPS) is 20.2. The summed E-state index contributed by atoms with van der Waals surface area (Å²) in [5, 5.41) is 6.16. The molecule has 2 N–H and O–H groups in total. The Morgan fingerprint density at radius 3 is 2.86 bits per heavy atom. The Morgan fingerprint density at radius 2 is 2.03 bits per heavy atom. The Morgan fingerprint density at radius 1 is 1.21 bits per heavy atom. The Balaban J connectivity index is 1.40. The summed E-state index contributed by atoms with van der Waals surface area (Å²) in [7, 11) is 0. The van der Waals surface area contributed by atoms with Crippen LogP contribution in [0.3, 0.4) is 0 Å². The van der Waals surface area contributed by atoms with Gasteiger partial charge in [-0.1, -0.05) is 41.9 Å². The molecule has 2 aromatic rings. The second-order valence-electron chi connectivity index (χ2n) is 7.05. The molecule has 1 saturated heterocycles. The highest BCUT2D eigenvalue weighted by molar-refractivity contribution is 6.30. The number of carbonyl (C=O) groups excluding carboxylic acids is 3. The predicted octanol–water partition coefficient (Wildman–Crippen LogP) is 2.23. The zero-order valence-corrected chi connectivity index (χ0v) is 16.4. The quantitative estimate of drug-likeness (QED) is 0.736. The van der Waals surface area contributed by atoms with Crippen LogP contribution in [0.5, 0.6) is 5.75 Å². The number of urea groups is 1. The molecule has 29 heavy (non-hydrogen) atoms. The number of nitrogens with zero attached hydrogens (tertiary/aromatic N) is 1. The molecule has 7 nitrogen and oxygen atoms in total. The lowest BCUT2D eigenvalue weighted by molar-refractivity contribution is -0.136. The number of benzene rings is 2. The van der Waals surface area contributed by atoms with Crippen molar-refractivity contribution in [2.24, 2.45) is 0 Å². The summed E-state index contributed by atoms with van der Waals surface area (Å²) in [6.45, 7) is 0.359. The van der Waals surface area contributed by atoms with Crippen molar-refractivity contribution in [3.8, 4) is 5.75 Å². The van der Waals surface area contributed by atoms with Crippen molar-refractivity contribution in [3.05, 3.63) is 64.7 Å². The lowest BCUT2D eigenvalue weighted by Gasteiger charge is -2.33. The minimum absolute atomic E-state index is 0.308. The number of halogens is 1. The minimum Gasteiger partial charge on any atom is -0.493 e. The van der Waals surface area contributed by atoms with E-state index in [4.69, 9.17) is 16.3 Å². The van der Waals surface area contributed by atoms with E-state index in [2.05, 4.69) is 10.6 Å². The van der Waals surface area contributed by atoms with Crippen molar-refractivity contribution >= 4 is 29.4 Å². The van der Waals surface area contributed by atoms with E-state index in [1.807, 2.05) is 24.3 Å². The molecular weight excluding hydrogens is 394 g/mol. The maximum absolute atomic E-state index is 13.1. The molecule has 2 aliphatic rings. The number of rotatable bonds is 5. The van der Waals surface area contributed by atoms with Gasteiger partial charge in [0.15, 0.2) is 5.54 Å². The summed E-state index contributed by atoms with van der Waals surface area (Å²) < 4.78 is 5.60. The van der Waals surface area contributed by atoms with Gasteiger partial charge >= 0.3 is 6.03 Å². The zero-order chi connectivity index (χ0) is 20.4. The van der Waals surface area contributed by atoms with Crippen LogP contribution in [0.15, 0.2) is 48.5 Å². The number of nitrogens with one attached hydrogen (secondary N) is 2. The molecule has 4 rings (SSSR count). The second-order valence-corrected chi connectivity index (χ2v) is 7.49. The fourth-order valence-corrected chi connectivity index (χ4v) is 3.97. The number of para-hydroxylation sites is 1. The predicted molar refractivity (Wildman–Crippen MR) is 107 cm³/mol. The maximum Gasteiger partial charge on any atom is 0.325 e. The molecule has 8 heteroatoms. The van der Waals surface area contributed by atoms with Gasteiger partial charge in [-0.15, -0.1) is 0 Å². The third-order valence-corrected chi connectivity index (χ3v) is 5.42. The van der Waals surface area contributed by atoms with Gasteiger partial charge in [0, 0.05) is 23.6 Å². The van der Waals surface area contributed by atoms with Gasteiger partial charge in [-0.25, -0.2) is 4.79 Å². The number of imide groups is 1. The Labute approximate surface area is 173 Å². The molecule has 150 valence electrons. The average molecular weight is 414 g/mol. The van der Waals surface area contributed by atoms with Gasteiger partial charge < -0.3 is 15.4 Å². The number of ether oxygens (including phenoxy) is 1. The van der Waals surface area contributed by atoms with E-state index in [9.17, 15) is 14.4 Å². The molecule has 2 aromatic carbocycles. The largest absolute Gasteiger partial charge is 0.493 e. The van der Waals surface area contributed by atoms with Crippen molar-refractivity contribution < 1.29 is 19.1 Å². The molecule has 1 fully saturated rings. The monoisotopic (exact) mass is 413 g/mol. The first-order valence-corrected chi connectivity index (χ1v) is 9.75. The number of carbonyl (C=O) groups is 3. The zero-order valence-electron chi connectivity index (χ0n) is 15.6. The van der Waals surface area contributed by atoms with Gasteiger partial charge in [0.05, 0.1) is 6.61 Å². The molecule has 0 aliphatic carbocycles. The van der Waals surface area contributed by atoms with Crippen LogP contribution in [-0.2, 0) is 21.5 Å². The summed E-state index contributed by atoms with van der Waals surface area (Å²) in [6.07, 6.45) is 0.919. The van der Waals surface area contributed by atoms with Crippen LogP contribution in [0, 0.1) is 0 Å². The smallest absolute Gasteiger partial charge is 0.325 e. The number of fused-ring (bicyclic) bond motifs is 2. The maximum atomic E-state index is 13.1. The van der Waals surface area contributed by atoms with Crippen LogP contribution in [-0.4, -0.2) is 42.4 Å². The van der Waals surface area contributed by atoms with Gasteiger partial charge in [-0.3, -0.25) is 14.5 Å². The van der Waals surface area contributed by atoms with Crippen LogP contribution in [0.2, 0.25) is 5.02 Å². The Kier molecular flexibility index (Phi) is 5.15. The topological polar surface area (TPSA) is 87.7 Å². The van der Waals surface area contributed by atoms with Crippen molar-refractivity contribution in [1.29, 1.82) is 0 Å². The van der Waals surface area contributed by atoms with Crippen LogP contribution in [0.25, 0.3) is 0 Å². The summed E-state index contributed by atoms with van der Waals surface area (Å²) in [4.78, 5) is 38.9. The van der Waals surface area contributed by atoms with E-state index in [1.165, 1.54) is 0 Å². The summed E-state index contributed by atoms with van der Waals surface area (Å²) in [5.41, 5.74) is 0.437. The molecule has 1 spiro atoms. The molecule has 0 saturated carbocycles. The first-order chi connectivity index (χ1) is 14.0. The van der Waals surface area contributed by atoms with Crippen molar-refractivity contribution in [3.63, 3.8) is 0 Å². The van der Waals surface area contributed by atoms with Crippen molar-refractivity contribution in [2.45, 2.75) is 18.4 Å². The number of amides is 4. The van der Waals surface area contributed by atoms with Crippen molar-refractivity contribution in [1.82, 2.24) is 15.5 Å². The second kappa shape index (κ2) is 7.75. The van der Waals surface area contributed by atoms with Crippen LogP contribution in [0.4, 0.5) is 4.79 Å². The molecule has 0 radical (unpaired) electrons. The van der Waals surface area contributed by atoms with E-state index < -0.39 is 23.4 Å². The third kappa shape index (κ3) is 3.65. The van der Waals surface area contributed by atoms with E-state index >= 15 is 0 Å². The molecule has 0 aromatic heterocycles. The molecule has 1 unspecified atom stereocenters. The van der Waals surface area contributed by atoms with Gasteiger partial charge in [-0.05, 0) is 30.2 Å². The standard InChI is InChI=1S/C21H20ClN3O4/c22-15-5-3-4-14(12-15)8-10-23-18(26)13-25-19(27)21(24-20(25)28)9-11-29-17-7-2-1-6-16(17)21/h1-7,12H,8-11,13H2,(H,23,26)(H,24,28). The highest BCUT2D eigenvalue weighted by Crippen LogP contribution is 2.40. The average Bonchev–Trinajstić information content (AvgIpc) is 2.93. The van der Waals surface area contributed by atoms with E-state index in [-0.39, 0.29) is 6.54 Å². The van der Waals surface area contributed by atoms with Gasteiger partial charge in [0.1, 0.15) is 12.3 Å². The molecule has 0 bridgehead atoms. The number of hydrogen-bond acceptors (Lipinski definition) is 4. The van der Waals surface area contributed by atoms with Gasteiger partial charge in [0.2, 0.25) is 5.91 Å². The summed E-state index contributed by atoms with van der Waals surface area (Å²) >= 11 is 5.95. The summed E-state index contributed by atoms with van der Waals surface area (Å²) in [6, 6.07) is 13.9. The lowest BCUT2D eigenvalue weighted by atomic mass is 9.84. The Bertz CT molecular complexity index is 980. The molecular formula is C21H20ClN3O4. The molecule has 1 atom stereocenters. The number of hydrogen-bond donors (Lipinski definition) is 2. The third-order valence-electron chi connectivity index (χ3n) is 5.18. The van der Waals surface area contributed by atoms with Crippen molar-refractivity contribution in [2.75, 3.05) is 19.7 Å². The Hall–Kier alpha value is -3.06. The van der Waals surface area contributed by atoms with E-state index in [1.54, 1.807) is 24.3 Å². The highest BCUT2D eigenvalue weighted by atomic mass is 35.5. The molecule has 4 amide bonds. The van der Waals surface area contributed by atoms with Crippen LogP contribution < -0.4 is 15.4 Å².